The highest BCUT2D eigenvalue weighted by Gasteiger charge is 2.16. The lowest BCUT2D eigenvalue weighted by Crippen LogP contribution is -2.13. The van der Waals surface area contributed by atoms with Crippen LogP contribution >= 0.6 is 0 Å². The zero-order valence-electron chi connectivity index (χ0n) is 10.1. The van der Waals surface area contributed by atoms with E-state index in [2.05, 4.69) is 20.3 Å². The SMILES string of the molecule is NS(=O)(=O)c1nc(-c2cnn(-c3ccccc3)c2)n[nH]1. The number of hydrogen-bond donors (Lipinski definition) is 2. The van der Waals surface area contributed by atoms with Crippen LogP contribution in [0.5, 0.6) is 0 Å². The summed E-state index contributed by atoms with van der Waals surface area (Å²) in [6, 6.07) is 9.47. The van der Waals surface area contributed by atoms with Crippen molar-refractivity contribution in [2.45, 2.75) is 5.16 Å². The molecule has 0 radical (unpaired) electrons. The van der Waals surface area contributed by atoms with Crippen molar-refractivity contribution in [3.63, 3.8) is 0 Å². The topological polar surface area (TPSA) is 120 Å². The molecule has 3 rings (SSSR count). The van der Waals surface area contributed by atoms with Gasteiger partial charge in [0.1, 0.15) is 0 Å². The van der Waals surface area contributed by atoms with Gasteiger partial charge in [0.15, 0.2) is 5.82 Å². The fraction of sp³-hybridized carbons (Fsp3) is 0. The first-order valence-electron chi connectivity index (χ1n) is 5.60. The van der Waals surface area contributed by atoms with E-state index in [-0.39, 0.29) is 11.0 Å². The summed E-state index contributed by atoms with van der Waals surface area (Å²) in [6.45, 7) is 0. The van der Waals surface area contributed by atoms with Crippen LogP contribution in [0.2, 0.25) is 0 Å². The lowest BCUT2D eigenvalue weighted by molar-refractivity contribution is 0.589. The van der Waals surface area contributed by atoms with Crippen LogP contribution in [-0.4, -0.2) is 33.4 Å². The third-order valence-corrected chi connectivity index (χ3v) is 3.32. The van der Waals surface area contributed by atoms with Crippen molar-refractivity contribution in [3.05, 3.63) is 42.7 Å². The summed E-state index contributed by atoms with van der Waals surface area (Å²) in [5, 5.41) is 14.9. The normalized spacial score (nSPS) is 11.7. The van der Waals surface area contributed by atoms with Crippen LogP contribution in [0.1, 0.15) is 0 Å². The van der Waals surface area contributed by atoms with Gasteiger partial charge in [-0.05, 0) is 12.1 Å². The fourth-order valence-corrected chi connectivity index (χ4v) is 2.05. The van der Waals surface area contributed by atoms with Gasteiger partial charge in [0.25, 0.3) is 15.2 Å². The Morgan fingerprint density at radius 2 is 1.95 bits per heavy atom. The molecular formula is C11H10N6O2S. The fourth-order valence-electron chi connectivity index (χ4n) is 1.66. The maximum Gasteiger partial charge on any atom is 0.273 e. The van der Waals surface area contributed by atoms with Crippen LogP contribution in [0.4, 0.5) is 0 Å². The molecule has 0 saturated carbocycles. The second-order valence-electron chi connectivity index (χ2n) is 4.02. The zero-order valence-corrected chi connectivity index (χ0v) is 10.9. The molecule has 1 aromatic carbocycles. The molecule has 2 heterocycles. The zero-order chi connectivity index (χ0) is 14.2. The number of nitrogens with two attached hydrogens (primary N) is 1. The Balaban J connectivity index is 1.97. The first-order valence-corrected chi connectivity index (χ1v) is 7.14. The number of para-hydroxylation sites is 1. The molecule has 0 fully saturated rings. The van der Waals surface area contributed by atoms with E-state index in [1.54, 1.807) is 17.1 Å². The largest absolute Gasteiger partial charge is 0.273 e. The van der Waals surface area contributed by atoms with Crippen LogP contribution in [0, 0.1) is 0 Å². The number of nitrogens with zero attached hydrogens (tertiary/aromatic N) is 4. The van der Waals surface area contributed by atoms with Crippen LogP contribution in [0.3, 0.4) is 0 Å². The van der Waals surface area contributed by atoms with Crippen molar-refractivity contribution in [3.8, 4) is 17.1 Å². The van der Waals surface area contributed by atoms with Crippen LogP contribution in [-0.2, 0) is 10.0 Å². The average Bonchev–Trinajstić information content (AvgIpc) is 3.08. The number of benzene rings is 1. The monoisotopic (exact) mass is 290 g/mol. The van der Waals surface area contributed by atoms with E-state index in [1.165, 1.54) is 0 Å². The van der Waals surface area contributed by atoms with Gasteiger partial charge < -0.3 is 0 Å². The first kappa shape index (κ1) is 12.5. The van der Waals surface area contributed by atoms with Crippen molar-refractivity contribution in [2.75, 3.05) is 0 Å². The van der Waals surface area contributed by atoms with Crippen LogP contribution in [0.25, 0.3) is 17.1 Å². The third-order valence-electron chi connectivity index (χ3n) is 2.60. The molecule has 2 aromatic heterocycles. The summed E-state index contributed by atoms with van der Waals surface area (Å²) >= 11 is 0. The summed E-state index contributed by atoms with van der Waals surface area (Å²) in [5.41, 5.74) is 1.46. The molecule has 0 aliphatic rings. The molecular weight excluding hydrogens is 280 g/mol. The molecule has 9 heteroatoms. The highest BCUT2D eigenvalue weighted by molar-refractivity contribution is 7.89. The van der Waals surface area contributed by atoms with E-state index < -0.39 is 10.0 Å². The van der Waals surface area contributed by atoms with Gasteiger partial charge in [0, 0.05) is 6.20 Å². The van der Waals surface area contributed by atoms with E-state index in [9.17, 15) is 8.42 Å². The minimum Gasteiger partial charge on any atom is -0.248 e. The molecule has 0 amide bonds. The quantitative estimate of drug-likeness (QED) is 0.719. The number of hydrogen-bond acceptors (Lipinski definition) is 5. The predicted molar refractivity (Wildman–Crippen MR) is 70.3 cm³/mol. The minimum atomic E-state index is -3.89. The Bertz CT molecular complexity index is 837. The van der Waals surface area contributed by atoms with Gasteiger partial charge in [-0.15, -0.1) is 0 Å². The molecule has 0 spiro atoms. The molecule has 102 valence electrons. The predicted octanol–water partition coefficient (Wildman–Crippen LogP) is 0.305. The molecule has 0 aliphatic carbocycles. The summed E-state index contributed by atoms with van der Waals surface area (Å²) in [5.74, 6) is 0.219. The number of rotatable bonds is 3. The maximum atomic E-state index is 11.1. The second kappa shape index (κ2) is 4.54. The molecule has 0 saturated heterocycles. The molecule has 3 N–H and O–H groups in total. The van der Waals surface area contributed by atoms with Gasteiger partial charge in [-0.2, -0.15) is 15.2 Å². The number of sulfonamides is 1. The van der Waals surface area contributed by atoms with E-state index in [1.807, 2.05) is 30.3 Å². The van der Waals surface area contributed by atoms with Gasteiger partial charge in [0.05, 0.1) is 17.4 Å². The Labute approximate surface area is 114 Å². The number of aromatic amines is 1. The Hall–Kier alpha value is -2.52. The number of H-pyrrole nitrogens is 1. The van der Waals surface area contributed by atoms with E-state index in [0.717, 1.165) is 5.69 Å². The maximum absolute atomic E-state index is 11.1. The van der Waals surface area contributed by atoms with Crippen molar-refractivity contribution in [2.24, 2.45) is 5.14 Å². The summed E-state index contributed by atoms with van der Waals surface area (Å²) < 4.78 is 23.9. The van der Waals surface area contributed by atoms with Gasteiger partial charge in [-0.3, -0.25) is 0 Å². The van der Waals surface area contributed by atoms with Crippen molar-refractivity contribution >= 4 is 10.0 Å². The van der Waals surface area contributed by atoms with Crippen molar-refractivity contribution in [1.29, 1.82) is 0 Å². The first-order chi connectivity index (χ1) is 9.54. The average molecular weight is 290 g/mol. The lowest BCUT2D eigenvalue weighted by Gasteiger charge is -1.98. The Morgan fingerprint density at radius 1 is 1.20 bits per heavy atom. The standard InChI is InChI=1S/C11H10N6O2S/c12-20(18,19)11-14-10(15-16-11)8-6-13-17(7-8)9-4-2-1-3-5-9/h1-7H,(H2,12,18,19)(H,14,15,16). The van der Waals surface area contributed by atoms with Gasteiger partial charge in [-0.25, -0.2) is 23.3 Å². The van der Waals surface area contributed by atoms with Crippen molar-refractivity contribution in [1.82, 2.24) is 25.0 Å². The van der Waals surface area contributed by atoms with Gasteiger partial charge in [-0.1, -0.05) is 18.2 Å². The molecule has 0 bridgehead atoms. The molecule has 8 nitrogen and oxygen atoms in total. The Kier molecular flexibility index (Phi) is 2.84. The highest BCUT2D eigenvalue weighted by atomic mass is 32.2. The summed E-state index contributed by atoms with van der Waals surface area (Å²) in [6.07, 6.45) is 3.24. The summed E-state index contributed by atoms with van der Waals surface area (Å²) in [4.78, 5) is 3.83. The van der Waals surface area contributed by atoms with E-state index in [0.29, 0.717) is 5.56 Å². The smallest absolute Gasteiger partial charge is 0.248 e. The van der Waals surface area contributed by atoms with Crippen LogP contribution < -0.4 is 5.14 Å². The van der Waals surface area contributed by atoms with Gasteiger partial charge >= 0.3 is 0 Å². The number of nitrogens with one attached hydrogen (secondary N) is 1. The lowest BCUT2D eigenvalue weighted by atomic mass is 10.3. The summed E-state index contributed by atoms with van der Waals surface area (Å²) in [7, 11) is -3.89. The third kappa shape index (κ3) is 2.31. The second-order valence-corrected chi connectivity index (χ2v) is 5.50. The number of aromatic nitrogens is 5. The van der Waals surface area contributed by atoms with E-state index >= 15 is 0 Å². The highest BCUT2D eigenvalue weighted by Crippen LogP contribution is 2.16. The van der Waals surface area contributed by atoms with E-state index in [4.69, 9.17) is 5.14 Å². The molecule has 0 aliphatic heterocycles. The van der Waals surface area contributed by atoms with Gasteiger partial charge in [0.2, 0.25) is 0 Å². The van der Waals surface area contributed by atoms with Crippen molar-refractivity contribution < 1.29 is 8.42 Å². The molecule has 0 atom stereocenters. The molecule has 0 unspecified atom stereocenters. The number of primary sulfonamides is 1. The Morgan fingerprint density at radius 3 is 2.60 bits per heavy atom. The molecule has 20 heavy (non-hydrogen) atoms. The minimum absolute atomic E-state index is 0.219. The van der Waals surface area contributed by atoms with Crippen LogP contribution in [0.15, 0.2) is 47.9 Å². The molecule has 3 aromatic rings.